The Morgan fingerprint density at radius 3 is 2.09 bits per heavy atom. The van der Waals surface area contributed by atoms with Crippen LogP contribution in [0.5, 0.6) is 17.2 Å². The predicted octanol–water partition coefficient (Wildman–Crippen LogP) is 3.05. The number of hydrogen-bond donors (Lipinski definition) is 0. The number of benzene rings is 2. The number of esters is 1. The zero-order chi connectivity index (χ0) is 16.8. The zero-order valence-electron chi connectivity index (χ0n) is 13.3. The van der Waals surface area contributed by atoms with E-state index in [0.29, 0.717) is 28.4 Å². The number of methoxy groups -OCH3 is 2. The molecule has 2 aromatic rings. The van der Waals surface area contributed by atoms with Gasteiger partial charge in [-0.05, 0) is 6.07 Å². The summed E-state index contributed by atoms with van der Waals surface area (Å²) in [6.07, 6.45) is 0.0903. The molecule has 120 valence electrons. The van der Waals surface area contributed by atoms with Crippen LogP contribution in [0.3, 0.4) is 0 Å². The summed E-state index contributed by atoms with van der Waals surface area (Å²) >= 11 is 0. The first kappa shape index (κ1) is 16.5. The average molecular weight is 314 g/mol. The first-order valence-corrected chi connectivity index (χ1v) is 7.06. The number of ether oxygens (including phenoxy) is 3. The second-order valence-corrected chi connectivity index (χ2v) is 4.87. The van der Waals surface area contributed by atoms with Gasteiger partial charge in [-0.1, -0.05) is 30.3 Å². The molecule has 0 aliphatic rings. The van der Waals surface area contributed by atoms with Crippen LogP contribution in [0.25, 0.3) is 0 Å². The van der Waals surface area contributed by atoms with Gasteiger partial charge in [-0.2, -0.15) is 0 Å². The lowest BCUT2D eigenvalue weighted by atomic mass is 10.0. The average Bonchev–Trinajstić information content (AvgIpc) is 2.56. The second-order valence-electron chi connectivity index (χ2n) is 4.87. The van der Waals surface area contributed by atoms with E-state index in [9.17, 15) is 9.59 Å². The van der Waals surface area contributed by atoms with Crippen molar-refractivity contribution in [3.8, 4) is 17.2 Å². The lowest BCUT2D eigenvalue weighted by Gasteiger charge is -2.14. The maximum absolute atomic E-state index is 12.4. The molecule has 5 heteroatoms. The van der Waals surface area contributed by atoms with Gasteiger partial charge in [-0.15, -0.1) is 0 Å². The number of carbonyl (C=O) groups excluding carboxylic acids is 2. The normalized spacial score (nSPS) is 10.0. The van der Waals surface area contributed by atoms with E-state index in [1.54, 1.807) is 36.4 Å². The highest BCUT2D eigenvalue weighted by molar-refractivity contribution is 5.98. The van der Waals surface area contributed by atoms with Gasteiger partial charge in [0, 0.05) is 30.5 Å². The molecule has 5 nitrogen and oxygen atoms in total. The molecule has 0 saturated heterocycles. The Morgan fingerprint density at radius 2 is 1.52 bits per heavy atom. The maximum atomic E-state index is 12.4. The van der Waals surface area contributed by atoms with Crippen molar-refractivity contribution in [3.63, 3.8) is 0 Å². The molecule has 0 fully saturated rings. The highest BCUT2D eigenvalue weighted by atomic mass is 16.5. The number of hydrogen-bond acceptors (Lipinski definition) is 5. The van der Waals surface area contributed by atoms with Crippen LogP contribution in [0.2, 0.25) is 0 Å². The molecular weight excluding hydrogens is 296 g/mol. The van der Waals surface area contributed by atoms with Crippen LogP contribution >= 0.6 is 0 Å². The summed E-state index contributed by atoms with van der Waals surface area (Å²) in [7, 11) is 3.00. The van der Waals surface area contributed by atoms with Crippen molar-refractivity contribution >= 4 is 11.8 Å². The summed E-state index contributed by atoms with van der Waals surface area (Å²) in [5.41, 5.74) is 1.16. The van der Waals surface area contributed by atoms with Crippen LogP contribution in [-0.2, 0) is 11.2 Å². The maximum Gasteiger partial charge on any atom is 0.308 e. The van der Waals surface area contributed by atoms with Gasteiger partial charge < -0.3 is 14.2 Å². The van der Waals surface area contributed by atoms with Crippen molar-refractivity contribution in [1.29, 1.82) is 0 Å². The van der Waals surface area contributed by atoms with E-state index in [1.807, 2.05) is 6.07 Å². The van der Waals surface area contributed by atoms with Crippen molar-refractivity contribution in [2.24, 2.45) is 0 Å². The topological polar surface area (TPSA) is 61.8 Å². The molecule has 0 bridgehead atoms. The minimum Gasteiger partial charge on any atom is -0.493 e. The summed E-state index contributed by atoms with van der Waals surface area (Å²) in [5.74, 6) is 0.648. The van der Waals surface area contributed by atoms with E-state index in [0.717, 1.165) is 0 Å². The molecule has 2 aromatic carbocycles. The summed E-state index contributed by atoms with van der Waals surface area (Å²) in [6.45, 7) is 1.31. The SMILES string of the molecule is COc1cc(CC(=O)c2ccccc2)c(OC(C)=O)cc1OC. The Bertz CT molecular complexity index is 707. The van der Waals surface area contributed by atoms with Crippen LogP contribution in [0.1, 0.15) is 22.8 Å². The van der Waals surface area contributed by atoms with Gasteiger partial charge in [0.2, 0.25) is 0 Å². The number of Topliss-reactive ketones (excluding diaryl/α,β-unsaturated/α-hetero) is 1. The second kappa shape index (κ2) is 7.45. The monoisotopic (exact) mass is 314 g/mol. The van der Waals surface area contributed by atoms with E-state index in [-0.39, 0.29) is 12.2 Å². The Morgan fingerprint density at radius 1 is 0.913 bits per heavy atom. The minimum absolute atomic E-state index is 0.0776. The molecule has 0 unspecified atom stereocenters. The summed E-state index contributed by atoms with van der Waals surface area (Å²) in [4.78, 5) is 23.7. The minimum atomic E-state index is -0.467. The molecule has 0 heterocycles. The van der Waals surface area contributed by atoms with Crippen LogP contribution in [0.15, 0.2) is 42.5 Å². The van der Waals surface area contributed by atoms with Gasteiger partial charge >= 0.3 is 5.97 Å². The molecule has 0 aromatic heterocycles. The third-order valence-corrected chi connectivity index (χ3v) is 3.27. The van der Waals surface area contributed by atoms with Crippen molar-refractivity contribution < 1.29 is 23.8 Å². The Kier molecular flexibility index (Phi) is 5.36. The standard InChI is InChI=1S/C18H18O5/c1-12(19)23-16-11-18(22-3)17(21-2)10-14(16)9-15(20)13-7-5-4-6-8-13/h4-8,10-11H,9H2,1-3H3. The highest BCUT2D eigenvalue weighted by Gasteiger charge is 2.17. The quantitative estimate of drug-likeness (QED) is 0.466. The van der Waals surface area contributed by atoms with Crippen LogP contribution < -0.4 is 14.2 Å². The van der Waals surface area contributed by atoms with E-state index >= 15 is 0 Å². The van der Waals surface area contributed by atoms with Crippen molar-refractivity contribution in [1.82, 2.24) is 0 Å². The molecule has 0 N–H and O–H groups in total. The molecule has 0 spiro atoms. The van der Waals surface area contributed by atoms with Gasteiger partial charge in [-0.25, -0.2) is 0 Å². The van der Waals surface area contributed by atoms with E-state index in [4.69, 9.17) is 14.2 Å². The van der Waals surface area contributed by atoms with Gasteiger partial charge in [0.1, 0.15) is 5.75 Å². The number of ketones is 1. The van der Waals surface area contributed by atoms with Gasteiger partial charge in [0.25, 0.3) is 0 Å². The van der Waals surface area contributed by atoms with Crippen molar-refractivity contribution in [2.45, 2.75) is 13.3 Å². The van der Waals surface area contributed by atoms with Gasteiger partial charge in [0.05, 0.1) is 14.2 Å². The van der Waals surface area contributed by atoms with Gasteiger partial charge in [0.15, 0.2) is 17.3 Å². The third-order valence-electron chi connectivity index (χ3n) is 3.27. The molecule has 0 radical (unpaired) electrons. The smallest absolute Gasteiger partial charge is 0.308 e. The van der Waals surface area contributed by atoms with E-state index in [1.165, 1.54) is 21.1 Å². The fourth-order valence-corrected chi connectivity index (χ4v) is 2.19. The summed E-state index contributed by atoms with van der Waals surface area (Å²) in [6, 6.07) is 12.1. The van der Waals surface area contributed by atoms with Crippen LogP contribution in [-0.4, -0.2) is 26.0 Å². The van der Waals surface area contributed by atoms with E-state index < -0.39 is 5.97 Å². The first-order valence-electron chi connectivity index (χ1n) is 7.06. The number of rotatable bonds is 6. The first-order chi connectivity index (χ1) is 11.0. The highest BCUT2D eigenvalue weighted by Crippen LogP contribution is 2.35. The summed E-state index contributed by atoms with van der Waals surface area (Å²) in [5, 5.41) is 0. The Balaban J connectivity index is 2.38. The lowest BCUT2D eigenvalue weighted by molar-refractivity contribution is -0.131. The van der Waals surface area contributed by atoms with E-state index in [2.05, 4.69) is 0 Å². The molecular formula is C18H18O5. The largest absolute Gasteiger partial charge is 0.493 e. The van der Waals surface area contributed by atoms with Crippen molar-refractivity contribution in [2.75, 3.05) is 14.2 Å². The molecule has 2 rings (SSSR count). The Hall–Kier alpha value is -2.82. The fraction of sp³-hybridized carbons (Fsp3) is 0.222. The third kappa shape index (κ3) is 4.10. The molecule has 0 atom stereocenters. The molecule has 0 aliphatic carbocycles. The predicted molar refractivity (Wildman–Crippen MR) is 85.3 cm³/mol. The molecule has 0 aliphatic heterocycles. The summed E-state index contributed by atoms with van der Waals surface area (Å²) < 4.78 is 15.6. The van der Waals surface area contributed by atoms with Crippen LogP contribution in [0.4, 0.5) is 0 Å². The van der Waals surface area contributed by atoms with Gasteiger partial charge in [-0.3, -0.25) is 9.59 Å². The fourth-order valence-electron chi connectivity index (χ4n) is 2.19. The zero-order valence-corrected chi connectivity index (χ0v) is 13.3. The van der Waals surface area contributed by atoms with Crippen LogP contribution in [0, 0.1) is 0 Å². The lowest BCUT2D eigenvalue weighted by Crippen LogP contribution is -2.09. The molecule has 0 amide bonds. The molecule has 0 saturated carbocycles. The Labute approximate surface area is 134 Å². The van der Waals surface area contributed by atoms with Crippen molar-refractivity contribution in [3.05, 3.63) is 53.6 Å². The molecule has 23 heavy (non-hydrogen) atoms. The number of carbonyl (C=O) groups is 2.